The number of benzene rings is 6. The van der Waals surface area contributed by atoms with Crippen LogP contribution in [-0.4, -0.2) is 24.0 Å². The Hall–Kier alpha value is -6.86. The fraction of sp³-hybridized carbons (Fsp3) is 0.136. The molecule has 68 heavy (non-hydrogen) atoms. The van der Waals surface area contributed by atoms with E-state index in [0.717, 1.165) is 0 Å². The summed E-state index contributed by atoms with van der Waals surface area (Å²) in [4.78, 5) is 24.7. The van der Waals surface area contributed by atoms with Gasteiger partial charge in [-0.25, -0.2) is 35.5 Å². The Morgan fingerprint density at radius 1 is 0.412 bits per heavy atom. The molecule has 6 aromatic carbocycles. The topological polar surface area (TPSA) is 148 Å². The first-order valence-electron chi connectivity index (χ1n) is 19.3. The molecule has 0 saturated carbocycles. The van der Waals surface area contributed by atoms with Crippen LogP contribution in [-0.2, 0) is 41.4 Å². The van der Waals surface area contributed by atoms with Crippen molar-refractivity contribution in [2.75, 3.05) is 0 Å². The molecule has 4 atom stereocenters. The smallest absolute Gasteiger partial charge is 0.460 e. The van der Waals surface area contributed by atoms with Gasteiger partial charge in [-0.3, -0.25) is 9.59 Å². The Bertz CT molecular complexity index is 2560. The lowest BCUT2D eigenvalue weighted by atomic mass is 10.2. The fourth-order valence-corrected chi connectivity index (χ4v) is 8.28. The van der Waals surface area contributed by atoms with E-state index in [1.54, 1.807) is 72.8 Å². The average Bonchev–Trinajstić information content (AvgIpc) is 3.34. The number of carbonyl (C=O) groups excluding carboxylic acids is 2. The number of hydrogen-bond donors (Lipinski definition) is 2. The van der Waals surface area contributed by atoms with Gasteiger partial charge >= 0.3 is 27.4 Å². The molecule has 1 unspecified atom stereocenters. The van der Waals surface area contributed by atoms with Crippen LogP contribution >= 0.6 is 15.5 Å². The molecule has 6 aromatic rings. The third kappa shape index (κ3) is 13.6. The van der Waals surface area contributed by atoms with E-state index >= 15 is 0 Å². The van der Waals surface area contributed by atoms with Crippen molar-refractivity contribution < 1.29 is 90.2 Å². The molecule has 2 N–H and O–H groups in total. The lowest BCUT2D eigenvalue weighted by molar-refractivity contribution is -0.147. The predicted molar refractivity (Wildman–Crippen MR) is 221 cm³/mol. The Balaban J connectivity index is 0.000000254. The second-order valence-electron chi connectivity index (χ2n) is 13.7. The molecule has 0 aromatic heterocycles. The minimum absolute atomic E-state index is 0.145. The standard InChI is InChI=1S/2C22H17F5NO5P/c2*1-13(22(29)31-12-14-8-4-2-5-9-14)28-34(30,32-15-10-6-3-7-11-15)33-21-19(26)17(24)16(23)18(25)20(21)27/h2*2-11,13H,12H2,1H3,(H,28,30)/t13-,34?;13-,34-/m00/s1. The van der Waals surface area contributed by atoms with E-state index in [1.165, 1.54) is 62.4 Å². The fourth-order valence-electron chi connectivity index (χ4n) is 5.24. The number of para-hydroxylation sites is 2. The van der Waals surface area contributed by atoms with Crippen molar-refractivity contribution in [3.05, 3.63) is 191 Å². The van der Waals surface area contributed by atoms with E-state index in [1.807, 2.05) is 0 Å². The summed E-state index contributed by atoms with van der Waals surface area (Å²) in [6, 6.07) is 28.3. The lowest BCUT2D eigenvalue weighted by Crippen LogP contribution is -2.36. The summed E-state index contributed by atoms with van der Waals surface area (Å²) in [5.41, 5.74) is 1.29. The van der Waals surface area contributed by atoms with Gasteiger partial charge in [-0.1, -0.05) is 97.1 Å². The van der Waals surface area contributed by atoms with Gasteiger partial charge in [0.05, 0.1) is 0 Å². The normalized spacial score (nSPS) is 13.6. The van der Waals surface area contributed by atoms with Crippen LogP contribution in [0, 0.1) is 58.2 Å². The number of halogens is 10. The number of ether oxygens (including phenoxy) is 2. The molecule has 0 fully saturated rings. The van der Waals surface area contributed by atoms with E-state index in [2.05, 4.69) is 19.2 Å². The molecular formula is C44H34F10N2O10P2. The molecule has 0 radical (unpaired) electrons. The van der Waals surface area contributed by atoms with Gasteiger partial charge in [-0.05, 0) is 49.2 Å². The number of esters is 2. The van der Waals surface area contributed by atoms with E-state index in [0.29, 0.717) is 11.1 Å². The second-order valence-corrected chi connectivity index (χ2v) is 16.9. The predicted octanol–water partition coefficient (Wildman–Crippen LogP) is 11.3. The van der Waals surface area contributed by atoms with Crippen LogP contribution in [0.15, 0.2) is 121 Å². The molecule has 360 valence electrons. The molecule has 0 aliphatic heterocycles. The van der Waals surface area contributed by atoms with E-state index in [-0.39, 0.29) is 24.7 Å². The van der Waals surface area contributed by atoms with E-state index in [4.69, 9.17) is 18.5 Å². The zero-order valence-corrected chi connectivity index (χ0v) is 36.7. The molecule has 0 aliphatic rings. The summed E-state index contributed by atoms with van der Waals surface area (Å²) in [6.45, 7) is 2.06. The zero-order valence-electron chi connectivity index (χ0n) is 34.9. The van der Waals surface area contributed by atoms with Crippen LogP contribution in [0.4, 0.5) is 43.9 Å². The van der Waals surface area contributed by atoms with Gasteiger partial charge in [-0.2, -0.15) is 27.7 Å². The first kappa shape index (κ1) is 52.1. The third-order valence-corrected chi connectivity index (χ3v) is 11.7. The highest BCUT2D eigenvalue weighted by Gasteiger charge is 2.40. The first-order chi connectivity index (χ1) is 32.2. The van der Waals surface area contributed by atoms with Gasteiger partial charge in [0.25, 0.3) is 0 Å². The van der Waals surface area contributed by atoms with E-state index in [9.17, 15) is 62.6 Å². The van der Waals surface area contributed by atoms with Gasteiger partial charge in [0.15, 0.2) is 0 Å². The molecule has 0 amide bonds. The van der Waals surface area contributed by atoms with Crippen LogP contribution in [0.3, 0.4) is 0 Å². The second kappa shape index (κ2) is 23.2. The van der Waals surface area contributed by atoms with Crippen molar-refractivity contribution in [3.8, 4) is 23.0 Å². The van der Waals surface area contributed by atoms with Crippen molar-refractivity contribution in [1.82, 2.24) is 10.2 Å². The molecule has 0 heterocycles. The highest BCUT2D eigenvalue weighted by atomic mass is 31.2. The maximum Gasteiger partial charge on any atom is 0.513 e. The Kier molecular flexibility index (Phi) is 17.8. The molecule has 0 bridgehead atoms. The zero-order chi connectivity index (χ0) is 49.8. The highest BCUT2D eigenvalue weighted by molar-refractivity contribution is 7.52. The van der Waals surface area contributed by atoms with Gasteiger partial charge in [0.1, 0.15) is 36.8 Å². The summed E-state index contributed by atoms with van der Waals surface area (Å²) >= 11 is 0. The van der Waals surface area contributed by atoms with Crippen LogP contribution < -0.4 is 28.3 Å². The number of nitrogens with one attached hydrogen (secondary N) is 2. The highest BCUT2D eigenvalue weighted by Crippen LogP contribution is 2.49. The number of hydrogen-bond acceptors (Lipinski definition) is 10. The summed E-state index contributed by atoms with van der Waals surface area (Å²) in [5.74, 6) is -29.4. The van der Waals surface area contributed by atoms with Crippen molar-refractivity contribution in [2.45, 2.75) is 39.1 Å². The third-order valence-electron chi connectivity index (χ3n) is 8.56. The summed E-state index contributed by atoms with van der Waals surface area (Å²) < 4.78 is 194. The van der Waals surface area contributed by atoms with Crippen LogP contribution in [0.5, 0.6) is 23.0 Å². The number of rotatable bonds is 18. The van der Waals surface area contributed by atoms with Crippen molar-refractivity contribution in [3.63, 3.8) is 0 Å². The maximum atomic E-state index is 14.1. The quantitative estimate of drug-likeness (QED) is 0.0278. The maximum absolute atomic E-state index is 14.1. The van der Waals surface area contributed by atoms with Gasteiger partial charge in [-0.15, -0.1) is 0 Å². The molecule has 0 saturated heterocycles. The SMILES string of the molecule is C[C@H](NP(=O)(Oc1ccccc1)Oc1c(F)c(F)c(F)c(F)c1F)C(=O)OCc1ccccc1.C[C@H](N[P@](=O)(Oc1ccccc1)Oc1c(F)c(F)c(F)c(F)c1F)C(=O)OCc1ccccc1. The lowest BCUT2D eigenvalue weighted by Gasteiger charge is -2.23. The first-order valence-corrected chi connectivity index (χ1v) is 22.4. The minimum Gasteiger partial charge on any atom is -0.460 e. The molecule has 0 spiro atoms. The Morgan fingerprint density at radius 3 is 0.941 bits per heavy atom. The van der Waals surface area contributed by atoms with E-state index < -0.39 is 109 Å². The molecule has 24 heteroatoms. The summed E-state index contributed by atoms with van der Waals surface area (Å²) in [6.07, 6.45) is 0. The molecule has 12 nitrogen and oxygen atoms in total. The van der Waals surface area contributed by atoms with Gasteiger partial charge < -0.3 is 27.6 Å². The molecule has 0 aliphatic carbocycles. The Labute approximate surface area is 379 Å². The van der Waals surface area contributed by atoms with Crippen LogP contribution in [0.2, 0.25) is 0 Å². The Morgan fingerprint density at radius 2 is 0.662 bits per heavy atom. The van der Waals surface area contributed by atoms with Crippen LogP contribution in [0.1, 0.15) is 25.0 Å². The molecule has 6 rings (SSSR count). The van der Waals surface area contributed by atoms with Crippen molar-refractivity contribution >= 4 is 27.4 Å². The summed E-state index contributed by atoms with van der Waals surface area (Å²) in [5, 5.41) is 4.20. The number of carbonyl (C=O) groups is 2. The van der Waals surface area contributed by atoms with Gasteiger partial charge in [0.2, 0.25) is 69.7 Å². The monoisotopic (exact) mass is 1000 g/mol. The van der Waals surface area contributed by atoms with Crippen molar-refractivity contribution in [1.29, 1.82) is 0 Å². The minimum atomic E-state index is -4.96. The van der Waals surface area contributed by atoms with Gasteiger partial charge in [0, 0.05) is 0 Å². The largest absolute Gasteiger partial charge is 0.513 e. The average molecular weight is 1000 g/mol. The van der Waals surface area contributed by atoms with Crippen molar-refractivity contribution in [2.24, 2.45) is 0 Å². The van der Waals surface area contributed by atoms with Crippen LogP contribution in [0.25, 0.3) is 0 Å². The molecular weight excluding hydrogens is 968 g/mol. The summed E-state index contributed by atoms with van der Waals surface area (Å²) in [7, 11) is -9.93.